The molecule has 0 spiro atoms. The molecule has 0 bridgehead atoms. The van der Waals surface area contributed by atoms with E-state index in [9.17, 15) is 14.9 Å². The van der Waals surface area contributed by atoms with Crippen LogP contribution in [0.3, 0.4) is 0 Å². The third-order valence-corrected chi connectivity index (χ3v) is 3.72. The van der Waals surface area contributed by atoms with Crippen molar-refractivity contribution in [1.82, 2.24) is 0 Å². The van der Waals surface area contributed by atoms with E-state index in [0.29, 0.717) is 12.8 Å². The maximum atomic E-state index is 11.3. The van der Waals surface area contributed by atoms with Crippen LogP contribution < -0.4 is 16.2 Å². The molecule has 4 N–H and O–H groups in total. The summed E-state index contributed by atoms with van der Waals surface area (Å²) in [6.45, 7) is 0. The van der Waals surface area contributed by atoms with E-state index in [0.717, 1.165) is 0 Å². The number of nitro benzene ring substituents is 1. The third-order valence-electron chi connectivity index (χ3n) is 3.42. The van der Waals surface area contributed by atoms with Crippen molar-refractivity contribution in [2.45, 2.75) is 30.9 Å². The Kier molecular flexibility index (Phi) is 3.82. The van der Waals surface area contributed by atoms with Gasteiger partial charge in [-0.3, -0.25) is 14.9 Å². The third kappa shape index (κ3) is 2.68. The highest BCUT2D eigenvalue weighted by molar-refractivity contribution is 6.32. The van der Waals surface area contributed by atoms with Gasteiger partial charge < -0.3 is 16.2 Å². The Labute approximate surface area is 120 Å². The maximum absolute atomic E-state index is 11.3. The van der Waals surface area contributed by atoms with E-state index in [-0.39, 0.29) is 22.9 Å². The molecule has 2 atom stereocenters. The number of carbonyl (C=O) groups is 1. The summed E-state index contributed by atoms with van der Waals surface area (Å²) in [5.41, 5.74) is 9.76. The molecule has 1 amide bonds. The normalized spacial score (nSPS) is 25.4. The molecule has 1 aliphatic carbocycles. The fraction of sp³-hybridized carbons (Fsp3) is 0.417. The van der Waals surface area contributed by atoms with Gasteiger partial charge in [0.1, 0.15) is 6.10 Å². The van der Waals surface area contributed by atoms with Crippen LogP contribution in [0.4, 0.5) is 5.69 Å². The highest BCUT2D eigenvalue weighted by atomic mass is 35.5. The molecule has 0 heterocycles. The van der Waals surface area contributed by atoms with Crippen molar-refractivity contribution in [2.75, 3.05) is 0 Å². The summed E-state index contributed by atoms with van der Waals surface area (Å²) in [6, 6.07) is 4.28. The Morgan fingerprint density at radius 3 is 2.80 bits per heavy atom. The number of amides is 1. The van der Waals surface area contributed by atoms with Crippen LogP contribution in [0, 0.1) is 10.1 Å². The number of rotatable bonds is 4. The lowest BCUT2D eigenvalue weighted by Crippen LogP contribution is -2.50. The predicted molar refractivity (Wildman–Crippen MR) is 72.5 cm³/mol. The molecule has 1 aromatic rings. The number of halogens is 1. The van der Waals surface area contributed by atoms with Crippen LogP contribution in [0.25, 0.3) is 0 Å². The molecule has 0 aliphatic heterocycles. The Hall–Kier alpha value is -1.86. The van der Waals surface area contributed by atoms with Gasteiger partial charge in [0.15, 0.2) is 0 Å². The first-order valence-corrected chi connectivity index (χ1v) is 6.39. The fourth-order valence-corrected chi connectivity index (χ4v) is 2.49. The monoisotopic (exact) mass is 299 g/mol. The molecule has 0 aromatic heterocycles. The van der Waals surface area contributed by atoms with Crippen LogP contribution in [-0.4, -0.2) is 22.5 Å². The molecule has 1 fully saturated rings. The summed E-state index contributed by atoms with van der Waals surface area (Å²) in [5, 5.41) is 11.1. The van der Waals surface area contributed by atoms with Crippen molar-refractivity contribution in [2.24, 2.45) is 11.5 Å². The molecule has 2 unspecified atom stereocenters. The second-order valence-electron chi connectivity index (χ2n) is 4.85. The summed E-state index contributed by atoms with van der Waals surface area (Å²) < 4.78 is 5.58. The Morgan fingerprint density at radius 2 is 2.25 bits per heavy atom. The number of nitrogens with two attached hydrogens (primary N) is 2. The molecule has 20 heavy (non-hydrogen) atoms. The summed E-state index contributed by atoms with van der Waals surface area (Å²) in [7, 11) is 0. The van der Waals surface area contributed by atoms with Gasteiger partial charge in [0.25, 0.3) is 0 Å². The zero-order valence-corrected chi connectivity index (χ0v) is 11.3. The zero-order valence-electron chi connectivity index (χ0n) is 10.5. The number of ether oxygens (including phenoxy) is 1. The predicted octanol–water partition coefficient (Wildman–Crippen LogP) is 1.36. The molecule has 1 aliphatic rings. The van der Waals surface area contributed by atoms with E-state index >= 15 is 0 Å². The van der Waals surface area contributed by atoms with Gasteiger partial charge in [0, 0.05) is 12.5 Å². The van der Waals surface area contributed by atoms with Crippen molar-refractivity contribution >= 4 is 23.2 Å². The highest BCUT2D eigenvalue weighted by Crippen LogP contribution is 2.38. The molecular formula is C12H14ClN3O4. The van der Waals surface area contributed by atoms with Gasteiger partial charge in [-0.1, -0.05) is 17.7 Å². The van der Waals surface area contributed by atoms with Crippen LogP contribution in [-0.2, 0) is 4.79 Å². The molecule has 1 saturated carbocycles. The van der Waals surface area contributed by atoms with E-state index in [2.05, 4.69) is 0 Å². The first-order chi connectivity index (χ1) is 9.33. The minimum absolute atomic E-state index is 0.00196. The van der Waals surface area contributed by atoms with Crippen molar-refractivity contribution in [3.05, 3.63) is 33.3 Å². The topological polar surface area (TPSA) is 121 Å². The van der Waals surface area contributed by atoms with E-state index in [1.54, 1.807) is 0 Å². The van der Waals surface area contributed by atoms with Crippen LogP contribution in [0.2, 0.25) is 5.02 Å². The van der Waals surface area contributed by atoms with Gasteiger partial charge in [0.05, 0.1) is 15.5 Å². The Morgan fingerprint density at radius 1 is 1.55 bits per heavy atom. The molecule has 8 heteroatoms. The van der Waals surface area contributed by atoms with E-state index in [1.165, 1.54) is 18.2 Å². The zero-order chi connectivity index (χ0) is 14.9. The van der Waals surface area contributed by atoms with Gasteiger partial charge in [-0.15, -0.1) is 0 Å². The van der Waals surface area contributed by atoms with Gasteiger partial charge in [-0.05, 0) is 18.9 Å². The number of hydrogen-bond donors (Lipinski definition) is 2. The summed E-state index contributed by atoms with van der Waals surface area (Å²) in [4.78, 5) is 21.7. The SMILES string of the molecule is NC(=O)C1(N)CCC(Oc2c(Cl)cccc2[N+](=O)[O-])C1. The van der Waals surface area contributed by atoms with Gasteiger partial charge in [-0.25, -0.2) is 0 Å². The minimum atomic E-state index is -1.12. The van der Waals surface area contributed by atoms with Gasteiger partial charge in [-0.2, -0.15) is 0 Å². The number of benzene rings is 1. The summed E-state index contributed by atoms with van der Waals surface area (Å²) in [5.74, 6) is -0.602. The van der Waals surface area contributed by atoms with Crippen molar-refractivity contribution in [3.63, 3.8) is 0 Å². The average molecular weight is 300 g/mol. The quantitative estimate of drug-likeness (QED) is 0.642. The van der Waals surface area contributed by atoms with Crippen LogP contribution in [0.15, 0.2) is 18.2 Å². The lowest BCUT2D eigenvalue weighted by Gasteiger charge is -2.20. The molecule has 0 radical (unpaired) electrons. The molecule has 1 aromatic carbocycles. The summed E-state index contributed by atoms with van der Waals surface area (Å²) >= 11 is 5.93. The number of hydrogen-bond acceptors (Lipinski definition) is 5. The van der Waals surface area contributed by atoms with Crippen molar-refractivity contribution in [3.8, 4) is 5.75 Å². The number of nitrogens with zero attached hydrogens (tertiary/aromatic N) is 1. The lowest BCUT2D eigenvalue weighted by molar-refractivity contribution is -0.386. The highest BCUT2D eigenvalue weighted by Gasteiger charge is 2.42. The molecule has 7 nitrogen and oxygen atoms in total. The second-order valence-corrected chi connectivity index (χ2v) is 5.26. The maximum Gasteiger partial charge on any atom is 0.312 e. The molecular weight excluding hydrogens is 286 g/mol. The first kappa shape index (κ1) is 14.5. The number of primary amides is 1. The van der Waals surface area contributed by atoms with Crippen LogP contribution in [0.5, 0.6) is 5.75 Å². The average Bonchev–Trinajstić information content (AvgIpc) is 2.75. The van der Waals surface area contributed by atoms with Gasteiger partial charge >= 0.3 is 5.69 Å². The second kappa shape index (κ2) is 5.26. The molecule has 0 saturated heterocycles. The largest absolute Gasteiger partial charge is 0.482 e. The van der Waals surface area contributed by atoms with Crippen molar-refractivity contribution < 1.29 is 14.5 Å². The minimum Gasteiger partial charge on any atom is -0.482 e. The Bertz CT molecular complexity index is 566. The Balaban J connectivity index is 2.20. The van der Waals surface area contributed by atoms with E-state index in [1.807, 2.05) is 0 Å². The molecule has 2 rings (SSSR count). The first-order valence-electron chi connectivity index (χ1n) is 6.02. The molecule has 108 valence electrons. The van der Waals surface area contributed by atoms with Gasteiger partial charge in [0.2, 0.25) is 11.7 Å². The van der Waals surface area contributed by atoms with Crippen molar-refractivity contribution in [1.29, 1.82) is 0 Å². The smallest absolute Gasteiger partial charge is 0.312 e. The number of carbonyl (C=O) groups excluding carboxylic acids is 1. The number of nitro groups is 1. The van der Waals surface area contributed by atoms with E-state index in [4.69, 9.17) is 27.8 Å². The van der Waals surface area contributed by atoms with E-state index < -0.39 is 22.5 Å². The van der Waals surface area contributed by atoms with Crippen LogP contribution in [0.1, 0.15) is 19.3 Å². The lowest BCUT2D eigenvalue weighted by atomic mass is 9.99. The standard InChI is InChI=1S/C12H14ClN3O4/c13-8-2-1-3-9(16(18)19)10(8)20-7-4-5-12(15,6-7)11(14)17/h1-3,7H,4-6,15H2,(H2,14,17). The fourth-order valence-electron chi connectivity index (χ4n) is 2.28. The van der Waals surface area contributed by atoms with Crippen LogP contribution >= 0.6 is 11.6 Å². The summed E-state index contributed by atoms with van der Waals surface area (Å²) in [6.07, 6.45) is 0.656. The number of para-hydroxylation sites is 1.